The fourth-order valence-corrected chi connectivity index (χ4v) is 2.37. The van der Waals surface area contributed by atoms with Crippen molar-refractivity contribution in [1.29, 1.82) is 0 Å². The lowest BCUT2D eigenvalue weighted by Crippen LogP contribution is -2.25. The molecule has 0 spiro atoms. The number of carbonyl (C=O) groups excluding carboxylic acids is 1. The third-order valence-corrected chi connectivity index (χ3v) is 3.38. The molecule has 1 aromatic carbocycles. The molecule has 0 fully saturated rings. The first-order valence-corrected chi connectivity index (χ1v) is 7.23. The third kappa shape index (κ3) is 4.89. The molecule has 1 unspecified atom stereocenters. The topological polar surface area (TPSA) is 66.4 Å². The molecule has 0 aromatic heterocycles. The number of carboxylic acids is 1. The molecule has 20 heavy (non-hydrogen) atoms. The fraction of sp³-hybridized carbons (Fsp3) is 0.467. The molecule has 2 N–H and O–H groups in total. The second kappa shape index (κ2) is 7.33. The van der Waals surface area contributed by atoms with Crippen molar-refractivity contribution in [2.75, 3.05) is 11.1 Å². The van der Waals surface area contributed by atoms with Crippen LogP contribution >= 0.6 is 12.6 Å². The van der Waals surface area contributed by atoms with Crippen molar-refractivity contribution < 1.29 is 14.7 Å². The van der Waals surface area contributed by atoms with Gasteiger partial charge in [0, 0.05) is 17.4 Å². The van der Waals surface area contributed by atoms with Gasteiger partial charge in [-0.15, -0.1) is 0 Å². The monoisotopic (exact) mass is 295 g/mol. The molecule has 0 heterocycles. The van der Waals surface area contributed by atoms with Crippen LogP contribution < -0.4 is 5.32 Å². The number of carbonyl (C=O) groups is 2. The standard InChI is InChI=1S/C15H21NO3S/c1-9(2)4-12(8-20)14(17)16-13-6-10(3)5-11(7-13)15(18)19/h5-7,9,12,20H,4,8H2,1-3H3,(H,16,17)(H,18,19). The Labute approximate surface area is 125 Å². The van der Waals surface area contributed by atoms with Crippen LogP contribution in [0.3, 0.4) is 0 Å². The predicted molar refractivity (Wildman–Crippen MR) is 83.6 cm³/mol. The molecular weight excluding hydrogens is 274 g/mol. The maximum atomic E-state index is 12.2. The summed E-state index contributed by atoms with van der Waals surface area (Å²) in [5.41, 5.74) is 1.49. The predicted octanol–water partition coefficient (Wildman–Crippen LogP) is 3.22. The number of nitrogens with one attached hydrogen (secondary N) is 1. The van der Waals surface area contributed by atoms with Gasteiger partial charge in [0.15, 0.2) is 0 Å². The second-order valence-electron chi connectivity index (χ2n) is 5.39. The Balaban J connectivity index is 2.86. The van der Waals surface area contributed by atoms with Crippen molar-refractivity contribution in [1.82, 2.24) is 0 Å². The zero-order valence-electron chi connectivity index (χ0n) is 12.0. The smallest absolute Gasteiger partial charge is 0.335 e. The van der Waals surface area contributed by atoms with Gasteiger partial charge in [-0.3, -0.25) is 4.79 Å². The van der Waals surface area contributed by atoms with E-state index >= 15 is 0 Å². The van der Waals surface area contributed by atoms with E-state index in [0.29, 0.717) is 17.4 Å². The number of anilines is 1. The van der Waals surface area contributed by atoms with Crippen molar-refractivity contribution >= 4 is 30.2 Å². The quantitative estimate of drug-likeness (QED) is 0.706. The molecule has 0 aliphatic rings. The zero-order valence-corrected chi connectivity index (χ0v) is 12.9. The molecule has 0 bridgehead atoms. The molecular formula is C15H21NO3S. The molecule has 0 saturated heterocycles. The zero-order chi connectivity index (χ0) is 15.3. The van der Waals surface area contributed by atoms with E-state index in [-0.39, 0.29) is 17.4 Å². The van der Waals surface area contributed by atoms with Gasteiger partial charge in [0.2, 0.25) is 5.91 Å². The Hall–Kier alpha value is -1.49. The molecule has 0 saturated carbocycles. The molecule has 1 atom stereocenters. The summed E-state index contributed by atoms with van der Waals surface area (Å²) in [6, 6.07) is 4.80. The second-order valence-corrected chi connectivity index (χ2v) is 5.76. The van der Waals surface area contributed by atoms with E-state index in [9.17, 15) is 9.59 Å². The average Bonchev–Trinajstić information content (AvgIpc) is 2.34. The Morgan fingerprint density at radius 1 is 1.30 bits per heavy atom. The number of aryl methyl sites for hydroxylation is 1. The summed E-state index contributed by atoms with van der Waals surface area (Å²) in [5.74, 6) is -0.411. The van der Waals surface area contributed by atoms with E-state index in [2.05, 4.69) is 31.8 Å². The van der Waals surface area contributed by atoms with E-state index in [4.69, 9.17) is 5.11 Å². The number of rotatable bonds is 6. The van der Waals surface area contributed by atoms with Crippen LogP contribution in [0.5, 0.6) is 0 Å². The fourth-order valence-electron chi connectivity index (χ4n) is 2.06. The van der Waals surface area contributed by atoms with Gasteiger partial charge in [-0.1, -0.05) is 13.8 Å². The number of aromatic carboxylic acids is 1. The summed E-state index contributed by atoms with van der Waals surface area (Å²) < 4.78 is 0. The Bertz CT molecular complexity index is 500. The number of carboxylic acid groups (broad SMARTS) is 1. The molecule has 4 nitrogen and oxygen atoms in total. The van der Waals surface area contributed by atoms with E-state index in [1.807, 2.05) is 0 Å². The molecule has 0 aliphatic heterocycles. The molecule has 110 valence electrons. The molecule has 1 rings (SSSR count). The SMILES string of the molecule is Cc1cc(NC(=O)C(CS)CC(C)C)cc(C(=O)O)c1. The molecule has 5 heteroatoms. The lowest BCUT2D eigenvalue weighted by Gasteiger charge is -2.17. The third-order valence-electron chi connectivity index (χ3n) is 2.94. The highest BCUT2D eigenvalue weighted by atomic mass is 32.1. The maximum absolute atomic E-state index is 12.2. The number of amides is 1. The summed E-state index contributed by atoms with van der Waals surface area (Å²) in [4.78, 5) is 23.2. The number of hydrogen-bond acceptors (Lipinski definition) is 3. The van der Waals surface area contributed by atoms with E-state index < -0.39 is 5.97 Å². The molecule has 1 amide bonds. The van der Waals surface area contributed by atoms with Crippen molar-refractivity contribution in [2.45, 2.75) is 27.2 Å². The lowest BCUT2D eigenvalue weighted by atomic mass is 9.98. The van der Waals surface area contributed by atoms with Crippen LogP contribution in [0.2, 0.25) is 0 Å². The summed E-state index contributed by atoms with van der Waals surface area (Å²) in [7, 11) is 0. The highest BCUT2D eigenvalue weighted by Crippen LogP contribution is 2.19. The van der Waals surface area contributed by atoms with Gasteiger partial charge in [0.1, 0.15) is 0 Å². The van der Waals surface area contributed by atoms with Gasteiger partial charge in [-0.25, -0.2) is 4.79 Å². The van der Waals surface area contributed by atoms with Gasteiger partial charge in [0.05, 0.1) is 5.56 Å². The minimum absolute atomic E-state index is 0.115. The van der Waals surface area contributed by atoms with Crippen LogP contribution in [0, 0.1) is 18.8 Å². The van der Waals surface area contributed by atoms with Crippen LogP contribution in [0.25, 0.3) is 0 Å². The molecule has 0 aliphatic carbocycles. The van der Waals surface area contributed by atoms with Crippen LogP contribution in [-0.2, 0) is 4.79 Å². The first kappa shape index (κ1) is 16.6. The van der Waals surface area contributed by atoms with E-state index in [1.165, 1.54) is 6.07 Å². The summed E-state index contributed by atoms with van der Waals surface area (Å²) in [6.45, 7) is 5.91. The molecule has 0 radical (unpaired) electrons. The minimum Gasteiger partial charge on any atom is -0.478 e. The van der Waals surface area contributed by atoms with Gasteiger partial charge in [0.25, 0.3) is 0 Å². The number of hydrogen-bond donors (Lipinski definition) is 3. The van der Waals surface area contributed by atoms with Gasteiger partial charge < -0.3 is 10.4 Å². The normalized spacial score (nSPS) is 12.2. The van der Waals surface area contributed by atoms with E-state index in [1.54, 1.807) is 19.1 Å². The number of benzene rings is 1. The highest BCUT2D eigenvalue weighted by molar-refractivity contribution is 7.80. The molecule has 1 aromatic rings. The van der Waals surface area contributed by atoms with Crippen LogP contribution in [0.15, 0.2) is 18.2 Å². The Morgan fingerprint density at radius 2 is 1.95 bits per heavy atom. The van der Waals surface area contributed by atoms with Gasteiger partial charge >= 0.3 is 5.97 Å². The summed E-state index contributed by atoms with van der Waals surface area (Å²) in [5, 5.41) is 11.8. The summed E-state index contributed by atoms with van der Waals surface area (Å²) in [6.07, 6.45) is 0.757. The first-order valence-electron chi connectivity index (χ1n) is 6.60. The van der Waals surface area contributed by atoms with Crippen molar-refractivity contribution in [3.05, 3.63) is 29.3 Å². The van der Waals surface area contributed by atoms with Crippen molar-refractivity contribution in [3.8, 4) is 0 Å². The minimum atomic E-state index is -1.00. The largest absolute Gasteiger partial charge is 0.478 e. The lowest BCUT2D eigenvalue weighted by molar-refractivity contribution is -0.119. The van der Waals surface area contributed by atoms with Gasteiger partial charge in [-0.05, 0) is 43.0 Å². The first-order chi connectivity index (χ1) is 9.33. The summed E-state index contributed by atoms with van der Waals surface area (Å²) >= 11 is 4.21. The average molecular weight is 295 g/mol. The van der Waals surface area contributed by atoms with Crippen LogP contribution in [-0.4, -0.2) is 22.7 Å². The maximum Gasteiger partial charge on any atom is 0.335 e. The van der Waals surface area contributed by atoms with E-state index in [0.717, 1.165) is 12.0 Å². The van der Waals surface area contributed by atoms with Gasteiger partial charge in [-0.2, -0.15) is 12.6 Å². The van der Waals surface area contributed by atoms with Crippen molar-refractivity contribution in [2.24, 2.45) is 11.8 Å². The van der Waals surface area contributed by atoms with Crippen LogP contribution in [0.1, 0.15) is 36.2 Å². The Kier molecular flexibility index (Phi) is 6.07. The Morgan fingerprint density at radius 3 is 2.45 bits per heavy atom. The highest BCUT2D eigenvalue weighted by Gasteiger charge is 2.18. The van der Waals surface area contributed by atoms with Crippen molar-refractivity contribution in [3.63, 3.8) is 0 Å². The number of thiol groups is 1. The van der Waals surface area contributed by atoms with Crippen LogP contribution in [0.4, 0.5) is 5.69 Å².